The summed E-state index contributed by atoms with van der Waals surface area (Å²) < 4.78 is 2.62. The number of fused-ring (bicyclic) bond motifs is 10. The van der Waals surface area contributed by atoms with Crippen molar-refractivity contribution in [2.45, 2.75) is 70.9 Å². The largest absolute Gasteiger partial charge is 0.344 e. The van der Waals surface area contributed by atoms with Crippen LogP contribution in [0.3, 0.4) is 0 Å². The molecule has 13 rings (SSSR count). The fraction of sp³-hybridized carbons (Fsp3) is 0.206. The molecule has 4 aliphatic carbocycles. The van der Waals surface area contributed by atoms with Crippen molar-refractivity contribution in [1.82, 2.24) is 9.47 Å². The Kier molecular flexibility index (Phi) is 9.70. The molecule has 0 saturated carbocycles. The first-order valence-electron chi connectivity index (χ1n) is 24.6. The molecule has 0 spiro atoms. The van der Waals surface area contributed by atoms with Crippen LogP contribution in [0.2, 0.25) is 0 Å². The molecule has 4 unspecified atom stereocenters. The summed E-state index contributed by atoms with van der Waals surface area (Å²) in [5.41, 5.74) is 17.4. The molecule has 5 aliphatic rings. The van der Waals surface area contributed by atoms with E-state index >= 15 is 0 Å². The smallest absolute Gasteiger partial charge is 0.151 e. The zero-order valence-corrected chi connectivity index (χ0v) is 38.4. The van der Waals surface area contributed by atoms with Crippen LogP contribution in [-0.4, -0.2) is 27.1 Å². The molecular formula is C63H54N4. The van der Waals surface area contributed by atoms with Crippen molar-refractivity contribution in [2.75, 3.05) is 0 Å². The van der Waals surface area contributed by atoms with Gasteiger partial charge in [0.15, 0.2) is 5.84 Å². The number of nitrogens with zero attached hydrogens (tertiary/aromatic N) is 4. The lowest BCUT2D eigenvalue weighted by molar-refractivity contribution is 0.289. The summed E-state index contributed by atoms with van der Waals surface area (Å²) in [7, 11) is 0. The number of para-hydroxylation sites is 1. The number of allylic oxidation sites excluding steroid dienone is 7. The SMILES string of the molecule is CC(=NC(=NC(C)c1ccccc1)C1=C2C=CCCC2=C(N2C3=Cc4ccccc4CC3C3C=C(n4c5ccccc5c5cc6ccccc6cc54)CCC32)CC1)c1cccc2ccccc12. The number of amidine groups is 1. The minimum atomic E-state index is -0.0428. The average Bonchev–Trinajstić information content (AvgIpc) is 3.87. The van der Waals surface area contributed by atoms with E-state index in [1.54, 1.807) is 0 Å². The van der Waals surface area contributed by atoms with Gasteiger partial charge in [-0.15, -0.1) is 0 Å². The molecule has 67 heavy (non-hydrogen) atoms. The average molecular weight is 867 g/mol. The maximum atomic E-state index is 5.57. The molecule has 1 aliphatic heterocycles. The van der Waals surface area contributed by atoms with Gasteiger partial charge in [-0.25, -0.2) is 4.99 Å². The van der Waals surface area contributed by atoms with Crippen LogP contribution in [0, 0.1) is 11.8 Å². The third-order valence-corrected chi connectivity index (χ3v) is 15.7. The first kappa shape index (κ1) is 40.0. The minimum absolute atomic E-state index is 0.0428. The van der Waals surface area contributed by atoms with Gasteiger partial charge in [0.25, 0.3) is 0 Å². The number of hydrogen-bond acceptors (Lipinski definition) is 2. The Hall–Kier alpha value is -7.30. The van der Waals surface area contributed by atoms with Gasteiger partial charge in [0.1, 0.15) is 0 Å². The predicted molar refractivity (Wildman–Crippen MR) is 281 cm³/mol. The van der Waals surface area contributed by atoms with Gasteiger partial charge in [-0.2, -0.15) is 0 Å². The number of aromatic nitrogens is 1. The van der Waals surface area contributed by atoms with Crippen LogP contribution in [0.25, 0.3) is 55.1 Å². The Morgan fingerprint density at radius 3 is 2.30 bits per heavy atom. The third kappa shape index (κ3) is 6.71. The molecule has 1 saturated heterocycles. The van der Waals surface area contributed by atoms with Crippen LogP contribution in [0.1, 0.15) is 80.7 Å². The monoisotopic (exact) mass is 866 g/mol. The quantitative estimate of drug-likeness (QED) is 0.121. The van der Waals surface area contributed by atoms with Crippen molar-refractivity contribution in [1.29, 1.82) is 0 Å². The van der Waals surface area contributed by atoms with Gasteiger partial charge in [0.2, 0.25) is 0 Å². The fourth-order valence-corrected chi connectivity index (χ4v) is 12.5. The van der Waals surface area contributed by atoms with Crippen molar-refractivity contribution in [3.05, 3.63) is 226 Å². The molecule has 4 nitrogen and oxygen atoms in total. The highest BCUT2D eigenvalue weighted by Crippen LogP contribution is 2.54. The van der Waals surface area contributed by atoms with Crippen LogP contribution in [-0.2, 0) is 6.42 Å². The van der Waals surface area contributed by atoms with Gasteiger partial charge in [-0.1, -0.05) is 158 Å². The first-order chi connectivity index (χ1) is 33.1. The van der Waals surface area contributed by atoms with Crippen molar-refractivity contribution >= 4 is 66.7 Å². The van der Waals surface area contributed by atoms with E-state index in [0.717, 1.165) is 62.1 Å². The van der Waals surface area contributed by atoms with Gasteiger partial charge in [-0.05, 0) is 132 Å². The molecule has 0 amide bonds. The Morgan fingerprint density at radius 1 is 0.672 bits per heavy atom. The summed E-state index contributed by atoms with van der Waals surface area (Å²) in [5, 5.41) is 7.71. The van der Waals surface area contributed by atoms with Crippen LogP contribution in [0.15, 0.2) is 214 Å². The summed E-state index contributed by atoms with van der Waals surface area (Å²) in [6.45, 7) is 4.39. The van der Waals surface area contributed by atoms with E-state index in [4.69, 9.17) is 9.98 Å². The van der Waals surface area contributed by atoms with E-state index in [-0.39, 0.29) is 6.04 Å². The summed E-state index contributed by atoms with van der Waals surface area (Å²) in [6, 6.07) is 58.2. The topological polar surface area (TPSA) is 32.9 Å². The molecule has 2 heterocycles. The van der Waals surface area contributed by atoms with Gasteiger partial charge in [-0.3, -0.25) is 4.99 Å². The predicted octanol–water partition coefficient (Wildman–Crippen LogP) is 15.6. The second kappa shape index (κ2) is 16.2. The molecular weight excluding hydrogens is 813 g/mol. The van der Waals surface area contributed by atoms with E-state index < -0.39 is 0 Å². The summed E-state index contributed by atoms with van der Waals surface area (Å²) in [5.74, 6) is 1.66. The van der Waals surface area contributed by atoms with E-state index in [0.29, 0.717) is 17.9 Å². The van der Waals surface area contributed by atoms with Crippen LogP contribution < -0.4 is 0 Å². The van der Waals surface area contributed by atoms with Gasteiger partial charge >= 0.3 is 0 Å². The molecule has 4 heteroatoms. The number of likely N-dealkylation sites (tertiary alicyclic amines) is 1. The Balaban J connectivity index is 0.959. The third-order valence-electron chi connectivity index (χ3n) is 15.7. The zero-order chi connectivity index (χ0) is 44.6. The molecule has 8 aromatic rings. The van der Waals surface area contributed by atoms with Crippen LogP contribution in [0.4, 0.5) is 0 Å². The molecule has 0 bridgehead atoms. The standard InChI is InChI=1S/C63H54N4/c1-40(42-17-4-3-5-18-42)64-63(65-41(2)49-29-16-24-43-19-10-11-25-50(43)49)54-32-34-59(52-27-13-12-26-51(52)54)67-60-33-31-48(39-57(60)56-36-45-21-7-9-23-47(45)38-62(56)67)66-58-30-15-14-28-53(58)55-35-44-20-6-8-22-46(44)37-61(55)66/h3-12,14-26,28-30,35,37-40,56-57,60H,13,27,31-34,36H2,1-2H3. The second-order valence-electron chi connectivity index (χ2n) is 19.4. The normalized spacial score (nSPS) is 21.1. The molecule has 1 fully saturated rings. The summed E-state index contributed by atoms with van der Waals surface area (Å²) >= 11 is 0. The van der Waals surface area contributed by atoms with E-state index in [2.05, 4.69) is 205 Å². The molecule has 0 N–H and O–H groups in total. The van der Waals surface area contributed by atoms with E-state index in [1.807, 2.05) is 0 Å². The van der Waals surface area contributed by atoms with Crippen molar-refractivity contribution < 1.29 is 0 Å². The minimum Gasteiger partial charge on any atom is -0.344 e. The highest BCUT2D eigenvalue weighted by molar-refractivity contribution is 6.17. The highest BCUT2D eigenvalue weighted by Gasteiger charge is 2.49. The van der Waals surface area contributed by atoms with Gasteiger partial charge in [0.05, 0.1) is 17.1 Å². The number of rotatable bonds is 6. The number of benzene rings is 7. The fourth-order valence-electron chi connectivity index (χ4n) is 12.5. The molecule has 326 valence electrons. The molecule has 0 radical (unpaired) electrons. The molecule has 4 atom stereocenters. The molecule has 7 aromatic carbocycles. The number of aliphatic imine (C=N–C) groups is 2. The maximum absolute atomic E-state index is 5.57. The van der Waals surface area contributed by atoms with Crippen molar-refractivity contribution in [3.8, 4) is 0 Å². The van der Waals surface area contributed by atoms with Crippen molar-refractivity contribution in [2.24, 2.45) is 21.8 Å². The maximum Gasteiger partial charge on any atom is 0.151 e. The van der Waals surface area contributed by atoms with Crippen LogP contribution in [0.5, 0.6) is 0 Å². The lowest BCUT2D eigenvalue weighted by Gasteiger charge is -2.39. The number of hydrogen-bond donors (Lipinski definition) is 0. The lowest BCUT2D eigenvalue weighted by Crippen LogP contribution is -2.35. The van der Waals surface area contributed by atoms with Gasteiger partial charge < -0.3 is 9.47 Å². The first-order valence-corrected chi connectivity index (χ1v) is 24.6. The lowest BCUT2D eigenvalue weighted by atomic mass is 9.77. The van der Waals surface area contributed by atoms with Gasteiger partial charge in [0, 0.05) is 62.6 Å². The summed E-state index contributed by atoms with van der Waals surface area (Å²) in [4.78, 5) is 14.0. The molecule has 1 aromatic heterocycles. The van der Waals surface area contributed by atoms with Crippen molar-refractivity contribution in [3.63, 3.8) is 0 Å². The summed E-state index contributed by atoms with van der Waals surface area (Å²) in [6.07, 6.45) is 17.2. The zero-order valence-electron chi connectivity index (χ0n) is 38.4. The Bertz CT molecular complexity index is 3550. The van der Waals surface area contributed by atoms with Crippen LogP contribution >= 0.6 is 0 Å². The van der Waals surface area contributed by atoms with E-state index in [9.17, 15) is 0 Å². The second-order valence-corrected chi connectivity index (χ2v) is 19.4. The van der Waals surface area contributed by atoms with E-state index in [1.165, 1.54) is 93.9 Å². The Morgan fingerprint density at radius 2 is 1.42 bits per heavy atom. The highest BCUT2D eigenvalue weighted by atomic mass is 15.2. The Labute approximate surface area is 393 Å².